The van der Waals surface area contributed by atoms with Crippen LogP contribution in [0.2, 0.25) is 0 Å². The van der Waals surface area contributed by atoms with Gasteiger partial charge in [0.15, 0.2) is 0 Å². The van der Waals surface area contributed by atoms with Gasteiger partial charge in [0, 0.05) is 38.3 Å². The summed E-state index contributed by atoms with van der Waals surface area (Å²) in [5.74, 6) is -0.237. The molecule has 128 valence electrons. The molecule has 3 aromatic rings. The van der Waals surface area contributed by atoms with E-state index in [2.05, 4.69) is 19.8 Å². The summed E-state index contributed by atoms with van der Waals surface area (Å²) in [4.78, 5) is 16.7. The molecule has 0 N–H and O–H groups in total. The van der Waals surface area contributed by atoms with E-state index in [1.54, 1.807) is 30.3 Å². The quantitative estimate of drug-likeness (QED) is 0.732. The number of hydrogen-bond acceptors (Lipinski definition) is 5. The largest absolute Gasteiger partial charge is 0.336 e. The highest BCUT2D eigenvalue weighted by Crippen LogP contribution is 2.16. The Bertz CT molecular complexity index is 903. The summed E-state index contributed by atoms with van der Waals surface area (Å²) in [6, 6.07) is 11.8. The number of rotatable bonds is 3. The second-order valence-corrected chi connectivity index (χ2v) is 6.17. The van der Waals surface area contributed by atoms with Crippen molar-refractivity contribution in [2.75, 3.05) is 26.2 Å². The van der Waals surface area contributed by atoms with E-state index >= 15 is 0 Å². The van der Waals surface area contributed by atoms with Gasteiger partial charge in [-0.3, -0.25) is 9.69 Å². The Morgan fingerprint density at radius 1 is 1.04 bits per heavy atom. The molecule has 0 aliphatic carbocycles. The molecule has 1 fully saturated rings. The summed E-state index contributed by atoms with van der Waals surface area (Å²) in [7, 11) is 0. The summed E-state index contributed by atoms with van der Waals surface area (Å²) < 4.78 is 17.9. The van der Waals surface area contributed by atoms with Crippen molar-refractivity contribution in [2.45, 2.75) is 6.54 Å². The van der Waals surface area contributed by atoms with Crippen molar-refractivity contribution in [1.82, 2.24) is 20.1 Å². The number of nitrogens with zero attached hydrogens (tertiary/aromatic N) is 4. The maximum absolute atomic E-state index is 13.3. The van der Waals surface area contributed by atoms with Gasteiger partial charge in [0.2, 0.25) is 0 Å². The number of fused-ring (bicyclic) bond motifs is 1. The summed E-state index contributed by atoms with van der Waals surface area (Å²) in [6.45, 7) is 3.49. The number of piperazine rings is 1. The normalized spacial score (nSPS) is 15.6. The number of aromatic nitrogens is 2. The lowest BCUT2D eigenvalue weighted by Gasteiger charge is -2.34. The van der Waals surface area contributed by atoms with Crippen LogP contribution in [0.3, 0.4) is 0 Å². The number of amides is 1. The van der Waals surface area contributed by atoms with Crippen LogP contribution < -0.4 is 0 Å². The van der Waals surface area contributed by atoms with Crippen LogP contribution in [0.5, 0.6) is 0 Å². The standard InChI is InChI=1S/C18H17FN4O2/c19-15-3-1-2-13(10-15)12-22-6-8-23(9-7-22)18(24)14-4-5-16-17(11-14)21-25-20-16/h1-5,10-11H,6-9,12H2. The van der Waals surface area contributed by atoms with E-state index in [1.807, 2.05) is 11.0 Å². The van der Waals surface area contributed by atoms with Crippen LogP contribution in [0.15, 0.2) is 47.1 Å². The molecule has 7 heteroatoms. The van der Waals surface area contributed by atoms with E-state index in [0.717, 1.165) is 18.7 Å². The third-order valence-electron chi connectivity index (χ3n) is 4.46. The molecule has 2 aromatic carbocycles. The fraction of sp³-hybridized carbons (Fsp3) is 0.278. The Hall–Kier alpha value is -2.80. The highest BCUT2D eigenvalue weighted by molar-refractivity contribution is 5.97. The van der Waals surface area contributed by atoms with Gasteiger partial charge in [-0.25, -0.2) is 9.02 Å². The number of halogens is 1. The fourth-order valence-corrected chi connectivity index (χ4v) is 3.10. The summed E-state index contributed by atoms with van der Waals surface area (Å²) in [5, 5.41) is 7.52. The van der Waals surface area contributed by atoms with Gasteiger partial charge in [-0.05, 0) is 46.2 Å². The Morgan fingerprint density at radius 2 is 1.84 bits per heavy atom. The summed E-state index contributed by atoms with van der Waals surface area (Å²) in [6.07, 6.45) is 0. The summed E-state index contributed by atoms with van der Waals surface area (Å²) >= 11 is 0. The first-order chi connectivity index (χ1) is 12.2. The molecule has 0 atom stereocenters. The molecule has 4 rings (SSSR count). The Balaban J connectivity index is 1.38. The van der Waals surface area contributed by atoms with Crippen LogP contribution in [-0.2, 0) is 6.54 Å². The lowest BCUT2D eigenvalue weighted by Crippen LogP contribution is -2.48. The molecule has 1 aromatic heterocycles. The maximum Gasteiger partial charge on any atom is 0.254 e. The zero-order chi connectivity index (χ0) is 17.2. The highest BCUT2D eigenvalue weighted by atomic mass is 19.1. The predicted octanol–water partition coefficient (Wildman–Crippen LogP) is 2.32. The van der Waals surface area contributed by atoms with E-state index in [-0.39, 0.29) is 11.7 Å². The van der Waals surface area contributed by atoms with Gasteiger partial charge in [-0.2, -0.15) is 0 Å². The van der Waals surface area contributed by atoms with Crippen molar-refractivity contribution in [3.05, 3.63) is 59.4 Å². The molecule has 1 aliphatic rings. The zero-order valence-electron chi connectivity index (χ0n) is 13.6. The van der Waals surface area contributed by atoms with Crippen molar-refractivity contribution in [3.63, 3.8) is 0 Å². The molecule has 1 aliphatic heterocycles. The smallest absolute Gasteiger partial charge is 0.254 e. The lowest BCUT2D eigenvalue weighted by molar-refractivity contribution is 0.0628. The SMILES string of the molecule is O=C(c1ccc2nonc2c1)N1CCN(Cc2cccc(F)c2)CC1. The molecular weight excluding hydrogens is 323 g/mol. The Morgan fingerprint density at radius 3 is 2.64 bits per heavy atom. The van der Waals surface area contributed by atoms with Crippen LogP contribution in [0.25, 0.3) is 11.0 Å². The van der Waals surface area contributed by atoms with Crippen LogP contribution in [0, 0.1) is 5.82 Å². The van der Waals surface area contributed by atoms with Gasteiger partial charge in [0.25, 0.3) is 5.91 Å². The molecule has 0 radical (unpaired) electrons. The first-order valence-electron chi connectivity index (χ1n) is 8.17. The minimum atomic E-state index is -0.218. The van der Waals surface area contributed by atoms with E-state index in [4.69, 9.17) is 0 Å². The van der Waals surface area contributed by atoms with Gasteiger partial charge < -0.3 is 4.90 Å². The second-order valence-electron chi connectivity index (χ2n) is 6.17. The average molecular weight is 340 g/mol. The number of carbonyl (C=O) groups is 1. The Kier molecular flexibility index (Phi) is 4.15. The predicted molar refractivity (Wildman–Crippen MR) is 89.4 cm³/mol. The molecular formula is C18H17FN4O2. The van der Waals surface area contributed by atoms with Crippen LogP contribution >= 0.6 is 0 Å². The van der Waals surface area contributed by atoms with Gasteiger partial charge in [-0.15, -0.1) is 0 Å². The topological polar surface area (TPSA) is 62.5 Å². The molecule has 0 spiro atoms. The van der Waals surface area contributed by atoms with Crippen LogP contribution in [0.1, 0.15) is 15.9 Å². The monoisotopic (exact) mass is 340 g/mol. The molecule has 2 heterocycles. The molecule has 0 bridgehead atoms. The first kappa shape index (κ1) is 15.7. The van der Waals surface area contributed by atoms with Crippen molar-refractivity contribution in [2.24, 2.45) is 0 Å². The van der Waals surface area contributed by atoms with E-state index < -0.39 is 0 Å². The van der Waals surface area contributed by atoms with Crippen LogP contribution in [-0.4, -0.2) is 52.2 Å². The Labute approximate surface area is 143 Å². The lowest BCUT2D eigenvalue weighted by atomic mass is 10.1. The maximum atomic E-state index is 13.3. The molecule has 0 saturated carbocycles. The number of hydrogen-bond donors (Lipinski definition) is 0. The zero-order valence-corrected chi connectivity index (χ0v) is 13.6. The van der Waals surface area contributed by atoms with E-state index in [9.17, 15) is 9.18 Å². The first-order valence-corrected chi connectivity index (χ1v) is 8.17. The molecule has 25 heavy (non-hydrogen) atoms. The van der Waals surface area contributed by atoms with Crippen molar-refractivity contribution >= 4 is 16.9 Å². The molecule has 6 nitrogen and oxygen atoms in total. The van der Waals surface area contributed by atoms with Gasteiger partial charge in [0.05, 0.1) is 0 Å². The van der Waals surface area contributed by atoms with Crippen LogP contribution in [0.4, 0.5) is 4.39 Å². The van der Waals surface area contributed by atoms with Gasteiger partial charge >= 0.3 is 0 Å². The number of carbonyl (C=O) groups excluding carboxylic acids is 1. The van der Waals surface area contributed by atoms with Crippen molar-refractivity contribution in [3.8, 4) is 0 Å². The average Bonchev–Trinajstić information content (AvgIpc) is 3.09. The highest BCUT2D eigenvalue weighted by Gasteiger charge is 2.22. The van der Waals surface area contributed by atoms with E-state index in [1.165, 1.54) is 6.07 Å². The number of benzene rings is 2. The third kappa shape index (κ3) is 3.36. The summed E-state index contributed by atoms with van der Waals surface area (Å²) in [5.41, 5.74) is 2.75. The van der Waals surface area contributed by atoms with Crippen molar-refractivity contribution in [1.29, 1.82) is 0 Å². The third-order valence-corrected chi connectivity index (χ3v) is 4.46. The van der Waals surface area contributed by atoms with Gasteiger partial charge in [0.1, 0.15) is 16.9 Å². The molecule has 1 amide bonds. The fourth-order valence-electron chi connectivity index (χ4n) is 3.10. The molecule has 0 unspecified atom stereocenters. The van der Waals surface area contributed by atoms with Gasteiger partial charge in [-0.1, -0.05) is 12.1 Å². The second kappa shape index (κ2) is 6.60. The minimum absolute atomic E-state index is 0.0182. The van der Waals surface area contributed by atoms with E-state index in [0.29, 0.717) is 36.2 Å². The minimum Gasteiger partial charge on any atom is -0.336 e. The van der Waals surface area contributed by atoms with Crippen molar-refractivity contribution < 1.29 is 13.8 Å². The molecule has 1 saturated heterocycles.